The van der Waals surface area contributed by atoms with Gasteiger partial charge in [-0.15, -0.1) is 0 Å². The largest absolute Gasteiger partial charge is 0.306 e. The SMILES string of the molecule is CC.CC.Cc1ccc(CC2CCCN(C)C2)cc1. The first-order chi connectivity index (χ1) is 9.24. The highest BCUT2D eigenvalue weighted by atomic mass is 15.1. The molecule has 0 bridgehead atoms. The van der Waals surface area contributed by atoms with Crippen molar-refractivity contribution in [1.29, 1.82) is 0 Å². The molecule has 1 unspecified atom stereocenters. The highest BCUT2D eigenvalue weighted by molar-refractivity contribution is 5.21. The molecule has 1 heteroatoms. The Morgan fingerprint density at radius 2 is 1.63 bits per heavy atom. The van der Waals surface area contributed by atoms with Crippen LogP contribution in [-0.2, 0) is 6.42 Å². The van der Waals surface area contributed by atoms with Gasteiger partial charge in [0.15, 0.2) is 0 Å². The summed E-state index contributed by atoms with van der Waals surface area (Å²) in [6.07, 6.45) is 4.02. The lowest BCUT2D eigenvalue weighted by molar-refractivity contribution is 0.209. The summed E-state index contributed by atoms with van der Waals surface area (Å²) in [5.41, 5.74) is 2.86. The number of hydrogen-bond acceptors (Lipinski definition) is 1. The molecule has 19 heavy (non-hydrogen) atoms. The van der Waals surface area contributed by atoms with Crippen LogP contribution in [0.25, 0.3) is 0 Å². The summed E-state index contributed by atoms with van der Waals surface area (Å²) in [5, 5.41) is 0. The quantitative estimate of drug-likeness (QED) is 0.731. The lowest BCUT2D eigenvalue weighted by atomic mass is 9.91. The Morgan fingerprint density at radius 3 is 2.16 bits per heavy atom. The minimum absolute atomic E-state index is 0.867. The molecule has 1 saturated heterocycles. The molecular weight excluding hydrogens is 230 g/mol. The van der Waals surface area contributed by atoms with Gasteiger partial charge in [0.1, 0.15) is 0 Å². The Balaban J connectivity index is 0.000000741. The first kappa shape index (κ1) is 18.2. The Bertz CT molecular complexity index is 302. The van der Waals surface area contributed by atoms with E-state index in [0.29, 0.717) is 0 Å². The molecule has 1 fully saturated rings. The van der Waals surface area contributed by atoms with E-state index in [4.69, 9.17) is 0 Å². The van der Waals surface area contributed by atoms with Crippen molar-refractivity contribution in [3.8, 4) is 0 Å². The van der Waals surface area contributed by atoms with Gasteiger partial charge < -0.3 is 4.90 Å². The van der Waals surface area contributed by atoms with Crippen LogP contribution in [0.1, 0.15) is 51.7 Å². The van der Waals surface area contributed by atoms with E-state index in [0.717, 1.165) is 5.92 Å². The molecule has 0 aliphatic carbocycles. The van der Waals surface area contributed by atoms with Gasteiger partial charge in [-0.1, -0.05) is 57.5 Å². The number of aryl methyl sites for hydroxylation is 1. The molecule has 1 heterocycles. The van der Waals surface area contributed by atoms with E-state index < -0.39 is 0 Å². The molecule has 0 saturated carbocycles. The standard InChI is InChI=1S/C14H21N.2C2H6/c1-12-5-7-13(8-6-12)10-14-4-3-9-15(2)11-14;2*1-2/h5-8,14H,3-4,9-11H2,1-2H3;2*1-2H3. The number of likely N-dealkylation sites (tertiary alicyclic amines) is 1. The first-order valence-corrected chi connectivity index (χ1v) is 7.98. The van der Waals surface area contributed by atoms with Crippen molar-refractivity contribution < 1.29 is 0 Å². The Morgan fingerprint density at radius 1 is 1.05 bits per heavy atom. The van der Waals surface area contributed by atoms with Crippen molar-refractivity contribution in [1.82, 2.24) is 4.90 Å². The minimum Gasteiger partial charge on any atom is -0.306 e. The van der Waals surface area contributed by atoms with Crippen molar-refractivity contribution >= 4 is 0 Å². The summed E-state index contributed by atoms with van der Waals surface area (Å²) in [6.45, 7) is 12.7. The molecule has 1 aliphatic heterocycles. The van der Waals surface area contributed by atoms with Gasteiger partial charge in [0.05, 0.1) is 0 Å². The topological polar surface area (TPSA) is 3.24 Å². The molecule has 1 aromatic rings. The molecule has 0 amide bonds. The van der Waals surface area contributed by atoms with Gasteiger partial charge in [0.25, 0.3) is 0 Å². The first-order valence-electron chi connectivity index (χ1n) is 7.98. The molecule has 1 aromatic carbocycles. The molecule has 2 rings (SSSR count). The average Bonchev–Trinajstić information content (AvgIpc) is 2.46. The fourth-order valence-corrected chi connectivity index (χ4v) is 2.50. The van der Waals surface area contributed by atoms with Crippen LogP contribution in [0.15, 0.2) is 24.3 Å². The second kappa shape index (κ2) is 11.0. The number of piperidine rings is 1. The van der Waals surface area contributed by atoms with Crippen molar-refractivity contribution in [3.63, 3.8) is 0 Å². The lowest BCUT2D eigenvalue weighted by Gasteiger charge is -2.29. The third-order valence-corrected chi connectivity index (χ3v) is 3.37. The van der Waals surface area contributed by atoms with E-state index in [1.54, 1.807) is 0 Å². The summed E-state index contributed by atoms with van der Waals surface area (Å²) in [5.74, 6) is 0.867. The Kier molecular flexibility index (Phi) is 10.6. The molecule has 0 radical (unpaired) electrons. The average molecular weight is 263 g/mol. The van der Waals surface area contributed by atoms with E-state index >= 15 is 0 Å². The summed E-state index contributed by atoms with van der Waals surface area (Å²) in [6, 6.07) is 9.01. The van der Waals surface area contributed by atoms with Crippen LogP contribution in [0, 0.1) is 12.8 Å². The second-order valence-electron chi connectivity index (χ2n) is 4.96. The number of hydrogen-bond donors (Lipinski definition) is 0. The van der Waals surface area contributed by atoms with Crippen molar-refractivity contribution in [3.05, 3.63) is 35.4 Å². The van der Waals surface area contributed by atoms with Crippen LogP contribution in [0.2, 0.25) is 0 Å². The monoisotopic (exact) mass is 263 g/mol. The van der Waals surface area contributed by atoms with Crippen molar-refractivity contribution in [2.24, 2.45) is 5.92 Å². The van der Waals surface area contributed by atoms with Crippen LogP contribution in [0.5, 0.6) is 0 Å². The minimum atomic E-state index is 0.867. The van der Waals surface area contributed by atoms with Crippen LogP contribution < -0.4 is 0 Å². The molecule has 0 aromatic heterocycles. The van der Waals surface area contributed by atoms with Gasteiger partial charge in [0, 0.05) is 6.54 Å². The Hall–Kier alpha value is -0.820. The zero-order chi connectivity index (χ0) is 14.7. The van der Waals surface area contributed by atoms with Gasteiger partial charge in [-0.05, 0) is 51.3 Å². The van der Waals surface area contributed by atoms with Crippen LogP contribution >= 0.6 is 0 Å². The molecular formula is C18H33N. The predicted molar refractivity (Wildman–Crippen MR) is 87.8 cm³/mol. The number of nitrogens with zero attached hydrogens (tertiary/aromatic N) is 1. The van der Waals surface area contributed by atoms with E-state index in [9.17, 15) is 0 Å². The predicted octanol–water partition coefficient (Wildman–Crippen LogP) is 4.93. The van der Waals surface area contributed by atoms with E-state index in [2.05, 4.69) is 43.1 Å². The van der Waals surface area contributed by atoms with Crippen molar-refractivity contribution in [2.45, 2.75) is 53.9 Å². The van der Waals surface area contributed by atoms with Gasteiger partial charge >= 0.3 is 0 Å². The highest BCUT2D eigenvalue weighted by Crippen LogP contribution is 2.19. The van der Waals surface area contributed by atoms with Gasteiger partial charge in [-0.2, -0.15) is 0 Å². The maximum atomic E-state index is 2.46. The summed E-state index contributed by atoms with van der Waals surface area (Å²) >= 11 is 0. The van der Waals surface area contributed by atoms with Gasteiger partial charge in [0.2, 0.25) is 0 Å². The normalized spacial score (nSPS) is 18.7. The van der Waals surface area contributed by atoms with Gasteiger partial charge in [-0.3, -0.25) is 0 Å². The fraction of sp³-hybridized carbons (Fsp3) is 0.667. The molecule has 0 N–H and O–H groups in total. The zero-order valence-electron chi connectivity index (χ0n) is 13.9. The van der Waals surface area contributed by atoms with E-state index in [1.165, 1.54) is 43.5 Å². The van der Waals surface area contributed by atoms with Crippen LogP contribution in [0.4, 0.5) is 0 Å². The number of rotatable bonds is 2. The maximum absolute atomic E-state index is 2.46. The second-order valence-corrected chi connectivity index (χ2v) is 4.96. The Labute approximate surface area is 121 Å². The molecule has 1 atom stereocenters. The van der Waals surface area contributed by atoms with Crippen molar-refractivity contribution in [2.75, 3.05) is 20.1 Å². The van der Waals surface area contributed by atoms with E-state index in [1.807, 2.05) is 27.7 Å². The maximum Gasteiger partial charge on any atom is 0.000979 e. The molecule has 1 nitrogen and oxygen atoms in total. The fourth-order valence-electron chi connectivity index (χ4n) is 2.50. The van der Waals surface area contributed by atoms with Crippen LogP contribution in [-0.4, -0.2) is 25.0 Å². The van der Waals surface area contributed by atoms with Crippen LogP contribution in [0.3, 0.4) is 0 Å². The zero-order valence-corrected chi connectivity index (χ0v) is 13.9. The van der Waals surface area contributed by atoms with Gasteiger partial charge in [-0.25, -0.2) is 0 Å². The summed E-state index contributed by atoms with van der Waals surface area (Å²) in [4.78, 5) is 2.46. The smallest absolute Gasteiger partial charge is 0.000979 e. The third kappa shape index (κ3) is 7.37. The summed E-state index contributed by atoms with van der Waals surface area (Å²) < 4.78 is 0. The number of benzene rings is 1. The third-order valence-electron chi connectivity index (χ3n) is 3.37. The molecule has 0 spiro atoms. The highest BCUT2D eigenvalue weighted by Gasteiger charge is 2.16. The summed E-state index contributed by atoms with van der Waals surface area (Å²) in [7, 11) is 2.24. The molecule has 1 aliphatic rings. The van der Waals surface area contributed by atoms with E-state index in [-0.39, 0.29) is 0 Å². The lowest BCUT2D eigenvalue weighted by Crippen LogP contribution is -2.32. The molecule has 110 valence electrons.